The number of carbonyl (C=O) groups is 2. The van der Waals surface area contributed by atoms with Crippen molar-refractivity contribution < 1.29 is 23.5 Å². The van der Waals surface area contributed by atoms with Gasteiger partial charge in [-0.15, -0.1) is 0 Å². The van der Waals surface area contributed by atoms with Gasteiger partial charge in [0, 0.05) is 32.0 Å². The maximum atomic E-state index is 13.3. The van der Waals surface area contributed by atoms with E-state index in [0.29, 0.717) is 26.1 Å². The Balaban J connectivity index is 1.66. The summed E-state index contributed by atoms with van der Waals surface area (Å²) < 4.78 is 24.7. The van der Waals surface area contributed by atoms with Crippen molar-refractivity contribution in [2.45, 2.75) is 38.4 Å². The molecule has 0 bridgehead atoms. The number of ketones is 1. The highest BCUT2D eigenvalue weighted by Crippen LogP contribution is 2.26. The highest BCUT2D eigenvalue weighted by atomic mass is 19.1. The minimum absolute atomic E-state index is 0.0904. The lowest BCUT2D eigenvalue weighted by Gasteiger charge is -2.36. The lowest BCUT2D eigenvalue weighted by atomic mass is 9.98. The van der Waals surface area contributed by atoms with E-state index >= 15 is 0 Å². The molecule has 1 atom stereocenters. The van der Waals surface area contributed by atoms with Crippen LogP contribution in [0.1, 0.15) is 25.8 Å². The molecule has 0 aromatic heterocycles. The molecule has 1 aromatic rings. The van der Waals surface area contributed by atoms with Crippen LogP contribution in [-0.2, 0) is 25.5 Å². The summed E-state index contributed by atoms with van der Waals surface area (Å²) in [6.07, 6.45) is 1.85. The smallest absolute Gasteiger partial charge is 0.289 e. The molecule has 1 saturated heterocycles. The maximum absolute atomic E-state index is 13.3. The van der Waals surface area contributed by atoms with Crippen molar-refractivity contribution in [2.75, 3.05) is 19.7 Å². The van der Waals surface area contributed by atoms with Gasteiger partial charge in [0.25, 0.3) is 5.91 Å². The number of hydrogen-bond donors (Lipinski definition) is 0. The summed E-state index contributed by atoms with van der Waals surface area (Å²) in [6.45, 7) is 4.79. The average molecular weight is 347 g/mol. The molecule has 0 saturated carbocycles. The first kappa shape index (κ1) is 17.6. The van der Waals surface area contributed by atoms with E-state index in [1.165, 1.54) is 18.2 Å². The first-order chi connectivity index (χ1) is 11.8. The van der Waals surface area contributed by atoms with Gasteiger partial charge in [0.1, 0.15) is 11.4 Å². The molecule has 0 spiro atoms. The predicted molar refractivity (Wildman–Crippen MR) is 89.3 cm³/mol. The topological polar surface area (TPSA) is 55.8 Å². The second-order valence-corrected chi connectivity index (χ2v) is 7.09. The molecule has 25 heavy (non-hydrogen) atoms. The van der Waals surface area contributed by atoms with E-state index in [2.05, 4.69) is 0 Å². The van der Waals surface area contributed by atoms with Gasteiger partial charge in [-0.3, -0.25) is 9.59 Å². The quantitative estimate of drug-likeness (QED) is 0.842. The van der Waals surface area contributed by atoms with Crippen LogP contribution >= 0.6 is 0 Å². The van der Waals surface area contributed by atoms with Crippen LogP contribution < -0.4 is 0 Å². The Kier molecular flexibility index (Phi) is 4.90. The number of nitrogens with zero attached hydrogens (tertiary/aromatic N) is 1. The second-order valence-electron chi connectivity index (χ2n) is 7.09. The number of rotatable bonds is 3. The third-order valence-electron chi connectivity index (χ3n) is 4.27. The lowest BCUT2D eigenvalue weighted by molar-refractivity contribution is -0.144. The molecule has 1 fully saturated rings. The van der Waals surface area contributed by atoms with Crippen LogP contribution in [0.15, 0.2) is 36.1 Å². The fraction of sp³-hybridized carbons (Fsp3) is 0.474. The molecule has 6 heteroatoms. The zero-order valence-electron chi connectivity index (χ0n) is 14.5. The number of allylic oxidation sites excluding steroid dienone is 1. The zero-order valence-corrected chi connectivity index (χ0v) is 14.5. The van der Waals surface area contributed by atoms with Crippen molar-refractivity contribution in [1.29, 1.82) is 0 Å². The van der Waals surface area contributed by atoms with E-state index < -0.39 is 5.60 Å². The number of ether oxygens (including phenoxy) is 2. The second kappa shape index (κ2) is 6.96. The molecule has 1 amide bonds. The summed E-state index contributed by atoms with van der Waals surface area (Å²) in [5, 5.41) is 0. The molecular weight excluding hydrogens is 325 g/mol. The highest BCUT2D eigenvalue weighted by molar-refractivity contribution is 6.01. The van der Waals surface area contributed by atoms with Gasteiger partial charge in [-0.2, -0.15) is 0 Å². The Morgan fingerprint density at radius 1 is 1.40 bits per heavy atom. The lowest BCUT2D eigenvalue weighted by Crippen LogP contribution is -2.48. The average Bonchev–Trinajstić information content (AvgIpc) is 2.52. The molecule has 3 rings (SSSR count). The van der Waals surface area contributed by atoms with Crippen molar-refractivity contribution in [3.63, 3.8) is 0 Å². The van der Waals surface area contributed by atoms with Crippen LogP contribution in [-0.4, -0.2) is 48.0 Å². The third kappa shape index (κ3) is 4.45. The molecule has 0 aliphatic carbocycles. The minimum Gasteiger partial charge on any atom is -0.481 e. The Labute approximate surface area is 146 Å². The molecule has 134 valence electrons. The SMILES string of the molecule is CC1(C)CC(=O)C=C(C(=O)N2CCO[C@@H](Cc3cccc(F)c3)C2)O1. The largest absolute Gasteiger partial charge is 0.481 e. The predicted octanol–water partition coefficient (Wildman–Crippen LogP) is 2.25. The van der Waals surface area contributed by atoms with Gasteiger partial charge in [-0.1, -0.05) is 12.1 Å². The van der Waals surface area contributed by atoms with Crippen molar-refractivity contribution in [3.05, 3.63) is 47.5 Å². The standard InChI is InChI=1S/C19H22FNO4/c1-19(2)11-15(22)10-17(25-19)18(23)21-6-7-24-16(12-21)9-13-4-3-5-14(20)8-13/h3-5,8,10,16H,6-7,9,11-12H2,1-2H3/t16-/m0/s1. The van der Waals surface area contributed by atoms with Crippen molar-refractivity contribution in [2.24, 2.45) is 0 Å². The fourth-order valence-electron chi connectivity index (χ4n) is 3.20. The van der Waals surface area contributed by atoms with Crippen LogP contribution in [0.5, 0.6) is 0 Å². The summed E-state index contributed by atoms with van der Waals surface area (Å²) >= 11 is 0. The Morgan fingerprint density at radius 3 is 2.92 bits per heavy atom. The molecule has 0 N–H and O–H groups in total. The van der Waals surface area contributed by atoms with Gasteiger partial charge in [0.05, 0.1) is 12.7 Å². The van der Waals surface area contributed by atoms with E-state index in [1.54, 1.807) is 24.8 Å². The van der Waals surface area contributed by atoms with Gasteiger partial charge in [0.2, 0.25) is 0 Å². The van der Waals surface area contributed by atoms with Crippen LogP contribution in [0, 0.1) is 5.82 Å². The number of benzene rings is 1. The summed E-state index contributed by atoms with van der Waals surface area (Å²) in [5.41, 5.74) is 0.146. The van der Waals surface area contributed by atoms with Crippen LogP contribution in [0.2, 0.25) is 0 Å². The van der Waals surface area contributed by atoms with E-state index in [-0.39, 0.29) is 35.8 Å². The molecule has 5 nitrogen and oxygen atoms in total. The molecule has 2 aliphatic heterocycles. The monoisotopic (exact) mass is 347 g/mol. The van der Waals surface area contributed by atoms with Gasteiger partial charge in [-0.25, -0.2) is 4.39 Å². The van der Waals surface area contributed by atoms with Crippen LogP contribution in [0.25, 0.3) is 0 Å². The van der Waals surface area contributed by atoms with E-state index in [4.69, 9.17) is 9.47 Å². The summed E-state index contributed by atoms with van der Waals surface area (Å²) in [4.78, 5) is 26.2. The van der Waals surface area contributed by atoms with Gasteiger partial charge < -0.3 is 14.4 Å². The van der Waals surface area contributed by atoms with Gasteiger partial charge >= 0.3 is 0 Å². The van der Waals surface area contributed by atoms with E-state index in [0.717, 1.165) is 5.56 Å². The molecule has 1 aromatic carbocycles. The first-order valence-corrected chi connectivity index (χ1v) is 8.41. The first-order valence-electron chi connectivity index (χ1n) is 8.41. The molecule has 0 radical (unpaired) electrons. The van der Waals surface area contributed by atoms with Crippen molar-refractivity contribution in [1.82, 2.24) is 4.90 Å². The number of amides is 1. The van der Waals surface area contributed by atoms with Crippen LogP contribution in [0.3, 0.4) is 0 Å². The summed E-state index contributed by atoms with van der Waals surface area (Å²) in [7, 11) is 0. The van der Waals surface area contributed by atoms with Gasteiger partial charge in [-0.05, 0) is 31.5 Å². The number of halogens is 1. The zero-order chi connectivity index (χ0) is 18.0. The fourth-order valence-corrected chi connectivity index (χ4v) is 3.20. The normalized spacial score (nSPS) is 23.0. The highest BCUT2D eigenvalue weighted by Gasteiger charge is 2.35. The Morgan fingerprint density at radius 2 is 2.20 bits per heavy atom. The van der Waals surface area contributed by atoms with Crippen molar-refractivity contribution >= 4 is 11.7 Å². The van der Waals surface area contributed by atoms with E-state index in [9.17, 15) is 14.0 Å². The maximum Gasteiger partial charge on any atom is 0.289 e. The minimum atomic E-state index is -0.677. The summed E-state index contributed by atoms with van der Waals surface area (Å²) in [6, 6.07) is 6.36. The number of morpholine rings is 1. The van der Waals surface area contributed by atoms with Crippen LogP contribution in [0.4, 0.5) is 4.39 Å². The molecular formula is C19H22FNO4. The number of carbonyl (C=O) groups excluding carboxylic acids is 2. The van der Waals surface area contributed by atoms with E-state index in [1.807, 2.05) is 6.07 Å². The molecule has 2 heterocycles. The molecule has 2 aliphatic rings. The Hall–Kier alpha value is -2.21. The summed E-state index contributed by atoms with van der Waals surface area (Å²) in [5.74, 6) is -0.603. The Bertz CT molecular complexity index is 713. The molecule has 0 unspecified atom stereocenters. The van der Waals surface area contributed by atoms with Crippen molar-refractivity contribution in [3.8, 4) is 0 Å². The number of hydrogen-bond acceptors (Lipinski definition) is 4. The van der Waals surface area contributed by atoms with Gasteiger partial charge in [0.15, 0.2) is 11.5 Å². The third-order valence-corrected chi connectivity index (χ3v) is 4.27.